The van der Waals surface area contributed by atoms with E-state index in [1.165, 1.54) is 0 Å². The number of carbonyl (C=O) groups excluding carboxylic acids is 1. The zero-order valence-corrected chi connectivity index (χ0v) is 9.24. The first-order chi connectivity index (χ1) is 7.33. The molecule has 0 bridgehead atoms. The number of nitrogens with zero attached hydrogens (tertiary/aromatic N) is 1. The van der Waals surface area contributed by atoms with Crippen molar-refractivity contribution in [3.8, 4) is 5.75 Å². The van der Waals surface area contributed by atoms with Crippen LogP contribution >= 0.6 is 12.6 Å². The molecular formula is C11H13NO2S. The van der Waals surface area contributed by atoms with Crippen molar-refractivity contribution in [3.63, 3.8) is 0 Å². The van der Waals surface area contributed by atoms with E-state index in [2.05, 4.69) is 12.6 Å². The molecule has 1 aliphatic rings. The molecule has 0 atom stereocenters. The van der Waals surface area contributed by atoms with Crippen molar-refractivity contribution in [2.75, 3.05) is 25.4 Å². The van der Waals surface area contributed by atoms with Gasteiger partial charge in [0.2, 0.25) is 0 Å². The molecule has 0 unspecified atom stereocenters. The van der Waals surface area contributed by atoms with E-state index in [0.717, 1.165) is 0 Å². The van der Waals surface area contributed by atoms with Gasteiger partial charge in [-0.05, 0) is 12.1 Å². The maximum atomic E-state index is 12.0. The quantitative estimate of drug-likeness (QED) is 0.769. The SMILES string of the molecule is O=C1c2ccccc2OCCN1CCS. The molecule has 3 nitrogen and oxygen atoms in total. The van der Waals surface area contributed by atoms with Crippen LogP contribution in [-0.2, 0) is 0 Å². The molecular weight excluding hydrogens is 210 g/mol. The summed E-state index contributed by atoms with van der Waals surface area (Å²) in [4.78, 5) is 13.8. The number of benzene rings is 1. The van der Waals surface area contributed by atoms with Crippen LogP contribution in [0.15, 0.2) is 24.3 Å². The van der Waals surface area contributed by atoms with Gasteiger partial charge in [0.25, 0.3) is 5.91 Å². The summed E-state index contributed by atoms with van der Waals surface area (Å²) >= 11 is 4.14. The fourth-order valence-electron chi connectivity index (χ4n) is 1.64. The zero-order valence-electron chi connectivity index (χ0n) is 8.35. The Balaban J connectivity index is 2.30. The van der Waals surface area contributed by atoms with E-state index in [9.17, 15) is 4.79 Å². The van der Waals surface area contributed by atoms with E-state index in [-0.39, 0.29) is 5.91 Å². The van der Waals surface area contributed by atoms with Gasteiger partial charge in [-0.2, -0.15) is 12.6 Å². The highest BCUT2D eigenvalue weighted by Crippen LogP contribution is 2.22. The zero-order chi connectivity index (χ0) is 10.7. The standard InChI is InChI=1S/C11H13NO2S/c13-11-9-3-1-2-4-10(9)14-7-5-12(11)6-8-15/h1-4,15H,5-8H2. The molecule has 0 saturated carbocycles. The van der Waals surface area contributed by atoms with Crippen molar-refractivity contribution in [1.82, 2.24) is 4.90 Å². The summed E-state index contributed by atoms with van der Waals surface area (Å²) in [7, 11) is 0. The van der Waals surface area contributed by atoms with E-state index in [0.29, 0.717) is 36.8 Å². The fraction of sp³-hybridized carbons (Fsp3) is 0.364. The number of hydrogen-bond acceptors (Lipinski definition) is 3. The molecule has 1 aromatic rings. The highest BCUT2D eigenvalue weighted by Gasteiger charge is 2.21. The highest BCUT2D eigenvalue weighted by molar-refractivity contribution is 7.80. The monoisotopic (exact) mass is 223 g/mol. The molecule has 0 spiro atoms. The average Bonchev–Trinajstić information content (AvgIpc) is 2.41. The Hall–Kier alpha value is -1.16. The van der Waals surface area contributed by atoms with Gasteiger partial charge in [-0.1, -0.05) is 12.1 Å². The minimum absolute atomic E-state index is 0.0390. The van der Waals surface area contributed by atoms with Crippen LogP contribution in [0.5, 0.6) is 5.75 Å². The van der Waals surface area contributed by atoms with Crippen molar-refractivity contribution in [1.29, 1.82) is 0 Å². The summed E-state index contributed by atoms with van der Waals surface area (Å²) in [6.07, 6.45) is 0. The topological polar surface area (TPSA) is 29.5 Å². The molecule has 1 amide bonds. The van der Waals surface area contributed by atoms with Gasteiger partial charge in [-0.3, -0.25) is 4.79 Å². The minimum atomic E-state index is 0.0390. The summed E-state index contributed by atoms with van der Waals surface area (Å²) < 4.78 is 5.51. The van der Waals surface area contributed by atoms with Crippen LogP contribution in [0.2, 0.25) is 0 Å². The second-order valence-electron chi connectivity index (χ2n) is 3.36. The second-order valence-corrected chi connectivity index (χ2v) is 3.81. The molecule has 1 aliphatic heterocycles. The summed E-state index contributed by atoms with van der Waals surface area (Å²) in [6.45, 7) is 1.85. The number of thiol groups is 1. The van der Waals surface area contributed by atoms with E-state index >= 15 is 0 Å². The lowest BCUT2D eigenvalue weighted by Crippen LogP contribution is -2.33. The lowest BCUT2D eigenvalue weighted by atomic mass is 10.2. The van der Waals surface area contributed by atoms with Gasteiger partial charge in [0.05, 0.1) is 12.1 Å². The molecule has 1 aromatic carbocycles. The molecule has 0 aromatic heterocycles. The van der Waals surface area contributed by atoms with Gasteiger partial charge in [0.1, 0.15) is 12.4 Å². The van der Waals surface area contributed by atoms with Gasteiger partial charge in [-0.15, -0.1) is 0 Å². The normalized spacial score (nSPS) is 15.5. The maximum absolute atomic E-state index is 12.0. The molecule has 0 radical (unpaired) electrons. The van der Waals surface area contributed by atoms with E-state index < -0.39 is 0 Å². The lowest BCUT2D eigenvalue weighted by Gasteiger charge is -2.18. The third-order valence-electron chi connectivity index (χ3n) is 2.39. The van der Waals surface area contributed by atoms with Crippen LogP contribution in [0, 0.1) is 0 Å². The number of carbonyl (C=O) groups is 1. The van der Waals surface area contributed by atoms with Crippen molar-refractivity contribution in [3.05, 3.63) is 29.8 Å². The maximum Gasteiger partial charge on any atom is 0.257 e. The molecule has 80 valence electrons. The molecule has 0 fully saturated rings. The largest absolute Gasteiger partial charge is 0.491 e. The number of amides is 1. The summed E-state index contributed by atoms with van der Waals surface area (Å²) in [5, 5.41) is 0. The van der Waals surface area contributed by atoms with Crippen LogP contribution in [0.1, 0.15) is 10.4 Å². The third-order valence-corrected chi connectivity index (χ3v) is 2.59. The second kappa shape index (κ2) is 4.57. The lowest BCUT2D eigenvalue weighted by molar-refractivity contribution is 0.0767. The molecule has 2 rings (SSSR count). The molecule has 1 heterocycles. The van der Waals surface area contributed by atoms with Gasteiger partial charge in [-0.25, -0.2) is 0 Å². The Bertz CT molecular complexity index is 367. The average molecular weight is 223 g/mol. The number of rotatable bonds is 2. The first kappa shape index (κ1) is 10.4. The van der Waals surface area contributed by atoms with E-state index in [1.54, 1.807) is 11.0 Å². The van der Waals surface area contributed by atoms with Crippen LogP contribution < -0.4 is 4.74 Å². The van der Waals surface area contributed by atoms with E-state index in [1.807, 2.05) is 18.2 Å². The summed E-state index contributed by atoms with van der Waals surface area (Å²) in [5.74, 6) is 1.40. The molecule has 15 heavy (non-hydrogen) atoms. The molecule has 0 N–H and O–H groups in total. The first-order valence-corrected chi connectivity index (χ1v) is 5.58. The summed E-state index contributed by atoms with van der Waals surface area (Å²) in [5.41, 5.74) is 0.650. The van der Waals surface area contributed by atoms with Gasteiger partial charge < -0.3 is 9.64 Å². The van der Waals surface area contributed by atoms with Crippen LogP contribution in [0.25, 0.3) is 0 Å². The molecule has 0 saturated heterocycles. The van der Waals surface area contributed by atoms with E-state index in [4.69, 9.17) is 4.74 Å². The number of ether oxygens (including phenoxy) is 1. The van der Waals surface area contributed by atoms with Crippen molar-refractivity contribution >= 4 is 18.5 Å². The van der Waals surface area contributed by atoms with Crippen molar-refractivity contribution in [2.45, 2.75) is 0 Å². The number of fused-ring (bicyclic) bond motifs is 1. The predicted octanol–water partition coefficient (Wildman–Crippen LogP) is 1.45. The highest BCUT2D eigenvalue weighted by atomic mass is 32.1. The summed E-state index contributed by atoms with van der Waals surface area (Å²) in [6, 6.07) is 7.36. The van der Waals surface area contributed by atoms with Gasteiger partial charge in [0.15, 0.2) is 0 Å². The Morgan fingerprint density at radius 3 is 3.00 bits per heavy atom. The van der Waals surface area contributed by atoms with Crippen LogP contribution in [0.4, 0.5) is 0 Å². The first-order valence-electron chi connectivity index (χ1n) is 4.95. The predicted molar refractivity (Wildman–Crippen MR) is 61.7 cm³/mol. The Kier molecular flexibility index (Phi) is 3.16. The Labute approximate surface area is 94.4 Å². The Morgan fingerprint density at radius 1 is 1.40 bits per heavy atom. The van der Waals surface area contributed by atoms with Crippen molar-refractivity contribution < 1.29 is 9.53 Å². The number of hydrogen-bond donors (Lipinski definition) is 1. The van der Waals surface area contributed by atoms with Crippen LogP contribution in [0.3, 0.4) is 0 Å². The Morgan fingerprint density at radius 2 is 2.20 bits per heavy atom. The molecule has 4 heteroatoms. The molecule has 0 aliphatic carbocycles. The van der Waals surface area contributed by atoms with Gasteiger partial charge >= 0.3 is 0 Å². The van der Waals surface area contributed by atoms with Gasteiger partial charge in [0, 0.05) is 12.3 Å². The van der Waals surface area contributed by atoms with Crippen LogP contribution in [-0.4, -0.2) is 36.3 Å². The fourth-order valence-corrected chi connectivity index (χ4v) is 1.88. The smallest absolute Gasteiger partial charge is 0.257 e. The van der Waals surface area contributed by atoms with Crippen molar-refractivity contribution in [2.24, 2.45) is 0 Å². The minimum Gasteiger partial charge on any atom is -0.491 e. The number of para-hydroxylation sites is 1. The third kappa shape index (κ3) is 2.09.